The monoisotopic (exact) mass is 304 g/mol. The van der Waals surface area contributed by atoms with Crippen molar-refractivity contribution in [2.45, 2.75) is 45.2 Å². The Morgan fingerprint density at radius 2 is 2.09 bits per heavy atom. The Hall–Kier alpha value is -2.11. The van der Waals surface area contributed by atoms with Crippen LogP contribution in [0.15, 0.2) is 29.3 Å². The highest BCUT2D eigenvalue weighted by molar-refractivity contribution is 5.79. The maximum absolute atomic E-state index is 10.8. The summed E-state index contributed by atoms with van der Waals surface area (Å²) in [6.45, 7) is 2.82. The van der Waals surface area contributed by atoms with E-state index in [0.717, 1.165) is 17.4 Å². The SMILES string of the molecule is CN=C(NCc1cccc([N+](=O)[O-])c1)NC1CCC(C)CC1. The van der Waals surface area contributed by atoms with E-state index in [4.69, 9.17) is 0 Å². The Bertz CT molecular complexity index is 537. The quantitative estimate of drug-likeness (QED) is 0.388. The van der Waals surface area contributed by atoms with Crippen LogP contribution in [-0.4, -0.2) is 24.0 Å². The largest absolute Gasteiger partial charge is 0.354 e. The summed E-state index contributed by atoms with van der Waals surface area (Å²) in [5.74, 6) is 1.57. The van der Waals surface area contributed by atoms with Crippen LogP contribution in [0, 0.1) is 16.0 Å². The summed E-state index contributed by atoms with van der Waals surface area (Å²) in [6, 6.07) is 7.12. The number of aliphatic imine (C=N–C) groups is 1. The Morgan fingerprint density at radius 1 is 1.36 bits per heavy atom. The minimum atomic E-state index is -0.375. The third-order valence-corrected chi connectivity index (χ3v) is 4.16. The van der Waals surface area contributed by atoms with Gasteiger partial charge in [-0.25, -0.2) is 0 Å². The molecule has 120 valence electrons. The molecule has 1 fully saturated rings. The number of nitro benzene ring substituents is 1. The highest BCUT2D eigenvalue weighted by Crippen LogP contribution is 2.23. The molecule has 1 aliphatic rings. The molecule has 22 heavy (non-hydrogen) atoms. The van der Waals surface area contributed by atoms with Crippen LogP contribution in [0.25, 0.3) is 0 Å². The molecule has 1 aromatic rings. The third-order valence-electron chi connectivity index (χ3n) is 4.16. The summed E-state index contributed by atoms with van der Waals surface area (Å²) in [4.78, 5) is 14.6. The van der Waals surface area contributed by atoms with E-state index >= 15 is 0 Å². The molecule has 0 unspecified atom stereocenters. The van der Waals surface area contributed by atoms with Gasteiger partial charge >= 0.3 is 0 Å². The molecule has 0 aliphatic heterocycles. The van der Waals surface area contributed by atoms with Crippen molar-refractivity contribution in [1.29, 1.82) is 0 Å². The minimum Gasteiger partial charge on any atom is -0.354 e. The number of benzene rings is 1. The number of nitrogens with one attached hydrogen (secondary N) is 2. The smallest absolute Gasteiger partial charge is 0.269 e. The number of nitro groups is 1. The van der Waals surface area contributed by atoms with Gasteiger partial charge in [0, 0.05) is 31.8 Å². The maximum Gasteiger partial charge on any atom is 0.269 e. The second-order valence-corrected chi connectivity index (χ2v) is 5.95. The van der Waals surface area contributed by atoms with Gasteiger partial charge < -0.3 is 10.6 Å². The first-order valence-electron chi connectivity index (χ1n) is 7.79. The zero-order valence-electron chi connectivity index (χ0n) is 13.2. The summed E-state index contributed by atoms with van der Waals surface area (Å²) in [5, 5.41) is 17.5. The summed E-state index contributed by atoms with van der Waals surface area (Å²) >= 11 is 0. The van der Waals surface area contributed by atoms with Crippen LogP contribution in [0.1, 0.15) is 38.2 Å². The average molecular weight is 304 g/mol. The van der Waals surface area contributed by atoms with E-state index in [9.17, 15) is 10.1 Å². The lowest BCUT2D eigenvalue weighted by Crippen LogP contribution is -2.44. The Morgan fingerprint density at radius 3 is 2.73 bits per heavy atom. The van der Waals surface area contributed by atoms with Gasteiger partial charge in [-0.3, -0.25) is 15.1 Å². The van der Waals surface area contributed by atoms with Gasteiger partial charge in [-0.1, -0.05) is 19.1 Å². The molecule has 1 aliphatic carbocycles. The van der Waals surface area contributed by atoms with Crippen LogP contribution in [0.4, 0.5) is 5.69 Å². The fourth-order valence-corrected chi connectivity index (χ4v) is 2.76. The number of hydrogen-bond acceptors (Lipinski definition) is 3. The second kappa shape index (κ2) is 7.77. The molecule has 1 saturated carbocycles. The van der Waals surface area contributed by atoms with E-state index in [2.05, 4.69) is 22.5 Å². The topological polar surface area (TPSA) is 79.6 Å². The molecule has 0 radical (unpaired) electrons. The van der Waals surface area contributed by atoms with Crippen LogP contribution in [0.3, 0.4) is 0 Å². The number of rotatable bonds is 4. The normalized spacial score (nSPS) is 22.2. The molecule has 0 saturated heterocycles. The first kappa shape index (κ1) is 16.3. The molecular formula is C16H24N4O2. The van der Waals surface area contributed by atoms with E-state index in [-0.39, 0.29) is 10.6 Å². The predicted octanol–water partition coefficient (Wildman–Crippen LogP) is 2.84. The van der Waals surface area contributed by atoms with Gasteiger partial charge in [0.15, 0.2) is 5.96 Å². The summed E-state index contributed by atoms with van der Waals surface area (Å²) < 4.78 is 0. The minimum absolute atomic E-state index is 0.114. The molecule has 2 N–H and O–H groups in total. The lowest BCUT2D eigenvalue weighted by molar-refractivity contribution is -0.384. The van der Waals surface area contributed by atoms with Gasteiger partial charge in [-0.05, 0) is 37.2 Å². The molecule has 0 heterocycles. The van der Waals surface area contributed by atoms with Crippen molar-refractivity contribution in [2.75, 3.05) is 7.05 Å². The maximum atomic E-state index is 10.8. The van der Waals surface area contributed by atoms with Crippen LogP contribution < -0.4 is 10.6 Å². The zero-order chi connectivity index (χ0) is 15.9. The third kappa shape index (κ3) is 4.72. The highest BCUT2D eigenvalue weighted by atomic mass is 16.6. The molecule has 0 spiro atoms. The van der Waals surface area contributed by atoms with Crippen molar-refractivity contribution in [3.63, 3.8) is 0 Å². The Kier molecular flexibility index (Phi) is 5.75. The van der Waals surface area contributed by atoms with Gasteiger partial charge in [0.2, 0.25) is 0 Å². The summed E-state index contributed by atoms with van der Waals surface area (Å²) in [5.41, 5.74) is 0.984. The summed E-state index contributed by atoms with van der Waals surface area (Å²) in [7, 11) is 1.74. The van der Waals surface area contributed by atoms with Gasteiger partial charge in [-0.2, -0.15) is 0 Å². The van der Waals surface area contributed by atoms with Crippen LogP contribution in [0.5, 0.6) is 0 Å². The molecule has 0 bridgehead atoms. The molecule has 6 heteroatoms. The Labute approximate surface area is 131 Å². The van der Waals surface area contributed by atoms with Crippen molar-refractivity contribution in [2.24, 2.45) is 10.9 Å². The van der Waals surface area contributed by atoms with Crippen LogP contribution in [0.2, 0.25) is 0 Å². The lowest BCUT2D eigenvalue weighted by atomic mass is 9.87. The molecule has 2 rings (SSSR count). The van der Waals surface area contributed by atoms with E-state index in [1.165, 1.54) is 31.7 Å². The number of guanidine groups is 1. The van der Waals surface area contributed by atoms with Gasteiger partial charge in [-0.15, -0.1) is 0 Å². The van der Waals surface area contributed by atoms with E-state index in [0.29, 0.717) is 12.6 Å². The van der Waals surface area contributed by atoms with E-state index < -0.39 is 0 Å². The van der Waals surface area contributed by atoms with Gasteiger partial charge in [0.05, 0.1) is 4.92 Å². The first-order valence-corrected chi connectivity index (χ1v) is 7.79. The highest BCUT2D eigenvalue weighted by Gasteiger charge is 2.18. The molecule has 1 aromatic carbocycles. The fourth-order valence-electron chi connectivity index (χ4n) is 2.76. The standard InChI is InChI=1S/C16H24N4O2/c1-12-6-8-14(9-7-12)19-16(17-2)18-11-13-4-3-5-15(10-13)20(21)22/h3-5,10,12,14H,6-9,11H2,1-2H3,(H2,17,18,19). The fraction of sp³-hybridized carbons (Fsp3) is 0.562. The number of hydrogen-bond donors (Lipinski definition) is 2. The molecule has 0 atom stereocenters. The van der Waals surface area contributed by atoms with Crippen molar-refractivity contribution in [3.05, 3.63) is 39.9 Å². The molecular weight excluding hydrogens is 280 g/mol. The van der Waals surface area contributed by atoms with E-state index in [1.807, 2.05) is 6.07 Å². The second-order valence-electron chi connectivity index (χ2n) is 5.95. The predicted molar refractivity (Wildman–Crippen MR) is 87.9 cm³/mol. The zero-order valence-corrected chi connectivity index (χ0v) is 13.2. The van der Waals surface area contributed by atoms with Crippen molar-refractivity contribution in [1.82, 2.24) is 10.6 Å². The Balaban J connectivity index is 1.86. The molecule has 6 nitrogen and oxygen atoms in total. The summed E-state index contributed by atoms with van der Waals surface area (Å²) in [6.07, 6.45) is 4.83. The van der Waals surface area contributed by atoms with Crippen molar-refractivity contribution >= 4 is 11.6 Å². The van der Waals surface area contributed by atoms with Crippen molar-refractivity contribution in [3.8, 4) is 0 Å². The van der Waals surface area contributed by atoms with Crippen LogP contribution >= 0.6 is 0 Å². The van der Waals surface area contributed by atoms with E-state index in [1.54, 1.807) is 19.2 Å². The number of nitrogens with zero attached hydrogens (tertiary/aromatic N) is 2. The van der Waals surface area contributed by atoms with Gasteiger partial charge in [0.25, 0.3) is 5.69 Å². The average Bonchev–Trinajstić information content (AvgIpc) is 2.53. The molecule has 0 amide bonds. The first-order chi connectivity index (χ1) is 10.6. The molecule has 0 aromatic heterocycles. The van der Waals surface area contributed by atoms with Crippen molar-refractivity contribution < 1.29 is 4.92 Å². The van der Waals surface area contributed by atoms with Gasteiger partial charge in [0.1, 0.15) is 0 Å². The van der Waals surface area contributed by atoms with Crippen LogP contribution in [-0.2, 0) is 6.54 Å². The number of non-ortho nitro benzene ring substituents is 1. The lowest BCUT2D eigenvalue weighted by Gasteiger charge is -2.28.